The Morgan fingerprint density at radius 3 is 2.55 bits per heavy atom. The summed E-state index contributed by atoms with van der Waals surface area (Å²) in [5.74, 6) is 0. The summed E-state index contributed by atoms with van der Waals surface area (Å²) in [5, 5.41) is 24.3. The topological polar surface area (TPSA) is 111 Å². The van der Waals surface area contributed by atoms with Crippen LogP contribution >= 0.6 is 11.6 Å². The van der Waals surface area contributed by atoms with Crippen molar-refractivity contribution >= 4 is 34.4 Å². The molecule has 1 N–H and O–H groups in total. The minimum absolute atomic E-state index is 0.0344. The second-order valence-electron chi connectivity index (χ2n) is 3.70. The van der Waals surface area contributed by atoms with E-state index in [1.807, 2.05) is 0 Å². The Hall–Kier alpha value is -2.74. The van der Waals surface area contributed by atoms with E-state index in [4.69, 9.17) is 11.6 Å². The van der Waals surface area contributed by atoms with Crippen molar-refractivity contribution in [3.63, 3.8) is 0 Å². The van der Waals surface area contributed by atoms with Gasteiger partial charge in [-0.25, -0.2) is 0 Å². The van der Waals surface area contributed by atoms with Crippen molar-refractivity contribution in [1.29, 1.82) is 0 Å². The Morgan fingerprint density at radius 2 is 1.90 bits per heavy atom. The number of hydrogen-bond donors (Lipinski definition) is 1. The van der Waals surface area contributed by atoms with Gasteiger partial charge in [0.2, 0.25) is 0 Å². The number of rotatable bonds is 4. The molecule has 0 unspecified atom stereocenters. The molecule has 2 aromatic rings. The molecule has 2 rings (SSSR count). The molecule has 0 aliphatic heterocycles. The first-order valence-corrected chi connectivity index (χ1v) is 5.66. The smallest absolute Gasteiger partial charge is 0.312 e. The maximum Gasteiger partial charge on any atom is 0.312 e. The first-order valence-electron chi connectivity index (χ1n) is 5.28. The van der Waals surface area contributed by atoms with Crippen LogP contribution in [0.2, 0.25) is 5.02 Å². The van der Waals surface area contributed by atoms with Crippen molar-refractivity contribution in [1.82, 2.24) is 4.98 Å². The first kappa shape index (κ1) is 13.7. The molecule has 0 aliphatic carbocycles. The lowest BCUT2D eigenvalue weighted by Gasteiger charge is -2.08. The quantitative estimate of drug-likeness (QED) is 0.684. The van der Waals surface area contributed by atoms with E-state index in [1.54, 1.807) is 0 Å². The molecule has 1 aromatic carbocycles. The van der Waals surface area contributed by atoms with Gasteiger partial charge in [-0.05, 0) is 6.07 Å². The van der Waals surface area contributed by atoms with Crippen LogP contribution in [0.25, 0.3) is 0 Å². The summed E-state index contributed by atoms with van der Waals surface area (Å²) in [7, 11) is 0. The lowest BCUT2D eigenvalue weighted by molar-refractivity contribution is -0.384. The van der Waals surface area contributed by atoms with Crippen LogP contribution in [-0.2, 0) is 0 Å². The zero-order valence-corrected chi connectivity index (χ0v) is 10.6. The zero-order valence-electron chi connectivity index (χ0n) is 9.82. The average Bonchev–Trinajstić information content (AvgIpc) is 2.41. The normalized spacial score (nSPS) is 10.1. The molecular formula is C11H7ClN4O4. The van der Waals surface area contributed by atoms with Crippen LogP contribution < -0.4 is 5.32 Å². The molecule has 0 saturated heterocycles. The zero-order chi connectivity index (χ0) is 14.7. The van der Waals surface area contributed by atoms with Gasteiger partial charge in [0.05, 0.1) is 14.9 Å². The van der Waals surface area contributed by atoms with Crippen LogP contribution in [0.3, 0.4) is 0 Å². The Morgan fingerprint density at radius 1 is 1.15 bits per heavy atom. The maximum atomic E-state index is 10.9. The number of nitrogens with one attached hydrogen (secondary N) is 1. The number of aromatic nitrogens is 1. The van der Waals surface area contributed by atoms with Gasteiger partial charge in [-0.2, -0.15) is 0 Å². The fourth-order valence-electron chi connectivity index (χ4n) is 1.53. The SMILES string of the molecule is O=[N+]([O-])c1cccc(Nc2c(Cl)cncc2[N+](=O)[O-])c1. The van der Waals surface area contributed by atoms with Crippen molar-refractivity contribution in [3.8, 4) is 0 Å². The summed E-state index contributed by atoms with van der Waals surface area (Å²) in [6, 6.07) is 5.56. The van der Waals surface area contributed by atoms with Crippen LogP contribution in [-0.4, -0.2) is 14.8 Å². The number of nitro benzene ring substituents is 1. The summed E-state index contributed by atoms with van der Waals surface area (Å²) in [6.07, 6.45) is 2.29. The third kappa shape index (κ3) is 2.81. The van der Waals surface area contributed by atoms with Crippen molar-refractivity contribution in [2.45, 2.75) is 0 Å². The number of benzene rings is 1. The molecular weight excluding hydrogens is 288 g/mol. The number of pyridine rings is 1. The Bertz CT molecular complexity index is 692. The number of halogens is 1. The molecule has 0 aliphatic rings. The second-order valence-corrected chi connectivity index (χ2v) is 4.11. The van der Waals surface area contributed by atoms with Crippen molar-refractivity contribution < 1.29 is 9.85 Å². The lowest BCUT2D eigenvalue weighted by Crippen LogP contribution is -1.99. The molecule has 9 heteroatoms. The van der Waals surface area contributed by atoms with E-state index in [0.29, 0.717) is 5.69 Å². The van der Waals surface area contributed by atoms with Gasteiger partial charge in [0.15, 0.2) is 0 Å². The van der Waals surface area contributed by atoms with Crippen LogP contribution in [0.15, 0.2) is 36.7 Å². The first-order chi connectivity index (χ1) is 9.49. The van der Waals surface area contributed by atoms with Crippen LogP contribution in [0.1, 0.15) is 0 Å². The van der Waals surface area contributed by atoms with Gasteiger partial charge in [-0.1, -0.05) is 17.7 Å². The number of anilines is 2. The third-order valence-electron chi connectivity index (χ3n) is 2.40. The van der Waals surface area contributed by atoms with Crippen LogP contribution in [0.5, 0.6) is 0 Å². The molecule has 102 valence electrons. The lowest BCUT2D eigenvalue weighted by atomic mass is 10.2. The van der Waals surface area contributed by atoms with Gasteiger partial charge in [-0.3, -0.25) is 25.2 Å². The largest absolute Gasteiger partial charge is 0.348 e. The van der Waals surface area contributed by atoms with E-state index < -0.39 is 9.85 Å². The van der Waals surface area contributed by atoms with Gasteiger partial charge in [0, 0.05) is 24.0 Å². The standard InChI is InChI=1S/C11H7ClN4O4/c12-9-5-13-6-10(16(19)20)11(9)14-7-2-1-3-8(4-7)15(17)18/h1-6H,(H,13,14). The van der Waals surface area contributed by atoms with E-state index in [0.717, 1.165) is 6.20 Å². The molecule has 0 radical (unpaired) electrons. The highest BCUT2D eigenvalue weighted by atomic mass is 35.5. The summed E-state index contributed by atoms with van der Waals surface area (Å²) >= 11 is 5.86. The fraction of sp³-hybridized carbons (Fsp3) is 0. The average molecular weight is 295 g/mol. The molecule has 0 atom stereocenters. The van der Waals surface area contributed by atoms with Gasteiger partial charge < -0.3 is 5.32 Å². The molecule has 0 amide bonds. The van der Waals surface area contributed by atoms with Crippen LogP contribution in [0.4, 0.5) is 22.7 Å². The van der Waals surface area contributed by atoms with Gasteiger partial charge in [0.25, 0.3) is 5.69 Å². The molecule has 0 fully saturated rings. The maximum absolute atomic E-state index is 10.9. The van der Waals surface area contributed by atoms with E-state index in [1.165, 1.54) is 30.5 Å². The van der Waals surface area contributed by atoms with Gasteiger partial charge in [-0.15, -0.1) is 0 Å². The second kappa shape index (κ2) is 5.49. The summed E-state index contributed by atoms with van der Waals surface area (Å²) in [6.45, 7) is 0. The number of hydrogen-bond acceptors (Lipinski definition) is 6. The minimum atomic E-state index is -0.640. The summed E-state index contributed by atoms with van der Waals surface area (Å²) < 4.78 is 0. The van der Waals surface area contributed by atoms with Crippen molar-refractivity contribution in [2.24, 2.45) is 0 Å². The van der Waals surface area contributed by atoms with E-state index in [2.05, 4.69) is 10.3 Å². The van der Waals surface area contributed by atoms with Crippen molar-refractivity contribution in [2.75, 3.05) is 5.32 Å². The Labute approximate surface area is 117 Å². The Kier molecular flexibility index (Phi) is 3.76. The predicted octanol–water partition coefficient (Wildman–Crippen LogP) is 3.30. The van der Waals surface area contributed by atoms with E-state index >= 15 is 0 Å². The highest BCUT2D eigenvalue weighted by Crippen LogP contribution is 2.33. The van der Waals surface area contributed by atoms with E-state index in [9.17, 15) is 20.2 Å². The molecule has 0 spiro atoms. The molecule has 0 saturated carbocycles. The predicted molar refractivity (Wildman–Crippen MR) is 72.3 cm³/mol. The minimum Gasteiger partial charge on any atom is -0.348 e. The molecule has 0 bridgehead atoms. The highest BCUT2D eigenvalue weighted by Gasteiger charge is 2.18. The fourth-order valence-corrected chi connectivity index (χ4v) is 1.73. The summed E-state index contributed by atoms with van der Waals surface area (Å²) in [4.78, 5) is 24.0. The van der Waals surface area contributed by atoms with Gasteiger partial charge in [0.1, 0.15) is 11.9 Å². The third-order valence-corrected chi connectivity index (χ3v) is 2.69. The molecule has 8 nitrogen and oxygen atoms in total. The molecule has 1 heterocycles. The number of nitrogens with zero attached hydrogens (tertiary/aromatic N) is 3. The number of non-ortho nitro benzene ring substituents is 1. The van der Waals surface area contributed by atoms with E-state index in [-0.39, 0.29) is 22.1 Å². The van der Waals surface area contributed by atoms with Crippen LogP contribution in [0, 0.1) is 20.2 Å². The van der Waals surface area contributed by atoms with Gasteiger partial charge >= 0.3 is 5.69 Å². The molecule has 20 heavy (non-hydrogen) atoms. The number of nitro groups is 2. The molecule has 1 aromatic heterocycles. The monoisotopic (exact) mass is 294 g/mol. The summed E-state index contributed by atoms with van der Waals surface area (Å²) in [5.41, 5.74) is -0.102. The van der Waals surface area contributed by atoms with Crippen molar-refractivity contribution in [3.05, 3.63) is 61.9 Å². The highest BCUT2D eigenvalue weighted by molar-refractivity contribution is 6.33. The Balaban J connectivity index is 2.42.